The smallest absolute Gasteiger partial charge is 0.126 e. The average Bonchev–Trinajstić information content (AvgIpc) is 2.36. The van der Waals surface area contributed by atoms with E-state index in [0.717, 1.165) is 27.9 Å². The number of hydrogen-bond donors (Lipinski definition) is 1. The summed E-state index contributed by atoms with van der Waals surface area (Å²) in [4.78, 5) is 0. The molecule has 0 aliphatic rings. The Hall–Kier alpha value is -0.620. The van der Waals surface area contributed by atoms with Crippen molar-refractivity contribution < 1.29 is 14.2 Å². The maximum atomic E-state index is 5.83. The fraction of sp³-hybridized carbons (Fsp3) is 0.571. The lowest BCUT2D eigenvalue weighted by atomic mass is 10.1. The van der Waals surface area contributed by atoms with E-state index in [1.54, 1.807) is 7.11 Å². The highest BCUT2D eigenvalue weighted by Crippen LogP contribution is 2.28. The molecule has 1 N–H and O–H groups in total. The van der Waals surface area contributed by atoms with Crippen molar-refractivity contribution >= 4 is 15.9 Å². The van der Waals surface area contributed by atoms with Gasteiger partial charge in [0.1, 0.15) is 12.4 Å². The highest BCUT2D eigenvalue weighted by Gasteiger charge is 2.08. The van der Waals surface area contributed by atoms with Crippen molar-refractivity contribution in [3.8, 4) is 5.75 Å². The molecule has 0 saturated carbocycles. The Balaban J connectivity index is 2.51. The van der Waals surface area contributed by atoms with E-state index in [1.807, 2.05) is 14.0 Å². The zero-order chi connectivity index (χ0) is 14.1. The summed E-state index contributed by atoms with van der Waals surface area (Å²) in [7, 11) is 3.59. The summed E-state index contributed by atoms with van der Waals surface area (Å²) >= 11 is 3.51. The molecule has 4 nitrogen and oxygen atoms in total. The van der Waals surface area contributed by atoms with Crippen LogP contribution in [0.5, 0.6) is 5.75 Å². The van der Waals surface area contributed by atoms with Crippen LogP contribution in [0.2, 0.25) is 0 Å². The molecule has 108 valence electrons. The summed E-state index contributed by atoms with van der Waals surface area (Å²) in [6.45, 7) is 5.15. The van der Waals surface area contributed by atoms with E-state index in [2.05, 4.69) is 33.4 Å². The summed E-state index contributed by atoms with van der Waals surface area (Å²) < 4.78 is 17.2. The number of rotatable bonds is 9. The van der Waals surface area contributed by atoms with Gasteiger partial charge in [-0.15, -0.1) is 0 Å². The van der Waals surface area contributed by atoms with E-state index in [-0.39, 0.29) is 0 Å². The molecule has 1 rings (SSSR count). The molecule has 0 fully saturated rings. The van der Waals surface area contributed by atoms with Gasteiger partial charge in [0.15, 0.2) is 0 Å². The van der Waals surface area contributed by atoms with Crippen LogP contribution in [0.4, 0.5) is 0 Å². The Labute approximate surface area is 123 Å². The van der Waals surface area contributed by atoms with Crippen LogP contribution in [0.25, 0.3) is 0 Å². The van der Waals surface area contributed by atoms with Gasteiger partial charge >= 0.3 is 0 Å². The Kier molecular flexibility index (Phi) is 8.05. The summed E-state index contributed by atoms with van der Waals surface area (Å²) in [5.41, 5.74) is 2.27. The predicted octanol–water partition coefficient (Wildman–Crippen LogP) is 2.52. The number of ether oxygens (including phenoxy) is 3. The third-order valence-electron chi connectivity index (χ3n) is 2.59. The molecule has 1 aromatic carbocycles. The van der Waals surface area contributed by atoms with Crippen LogP contribution in [0, 0.1) is 6.92 Å². The van der Waals surface area contributed by atoms with Gasteiger partial charge in [-0.2, -0.15) is 0 Å². The van der Waals surface area contributed by atoms with E-state index in [1.165, 1.54) is 0 Å². The Morgan fingerprint density at radius 2 is 1.89 bits per heavy atom. The molecule has 0 amide bonds. The van der Waals surface area contributed by atoms with Gasteiger partial charge < -0.3 is 19.5 Å². The highest BCUT2D eigenvalue weighted by molar-refractivity contribution is 9.10. The van der Waals surface area contributed by atoms with Gasteiger partial charge in [-0.05, 0) is 31.7 Å². The zero-order valence-electron chi connectivity index (χ0n) is 11.8. The van der Waals surface area contributed by atoms with Crippen LogP contribution >= 0.6 is 15.9 Å². The predicted molar refractivity (Wildman–Crippen MR) is 79.8 cm³/mol. The van der Waals surface area contributed by atoms with Gasteiger partial charge in [-0.25, -0.2) is 0 Å². The van der Waals surface area contributed by atoms with Crippen LogP contribution < -0.4 is 10.1 Å². The minimum atomic E-state index is 0.545. The molecule has 19 heavy (non-hydrogen) atoms. The van der Waals surface area contributed by atoms with E-state index in [0.29, 0.717) is 26.4 Å². The molecule has 5 heteroatoms. The summed E-state index contributed by atoms with van der Waals surface area (Å²) in [5, 5.41) is 3.15. The molecule has 0 spiro atoms. The first-order chi connectivity index (χ1) is 9.19. The molecular weight excluding hydrogens is 310 g/mol. The molecule has 0 aliphatic carbocycles. The van der Waals surface area contributed by atoms with Crippen molar-refractivity contribution in [2.45, 2.75) is 13.5 Å². The van der Waals surface area contributed by atoms with Crippen molar-refractivity contribution in [1.82, 2.24) is 5.32 Å². The van der Waals surface area contributed by atoms with Gasteiger partial charge in [-0.1, -0.05) is 15.9 Å². The number of hydrogen-bond acceptors (Lipinski definition) is 4. The first-order valence-corrected chi connectivity index (χ1v) is 7.11. The normalized spacial score (nSPS) is 10.7. The second-order valence-corrected chi connectivity index (χ2v) is 5.11. The maximum Gasteiger partial charge on any atom is 0.126 e. The molecule has 1 aromatic rings. The minimum absolute atomic E-state index is 0.545. The molecule has 0 radical (unpaired) electrons. The molecule has 0 bridgehead atoms. The monoisotopic (exact) mass is 331 g/mol. The van der Waals surface area contributed by atoms with E-state index in [9.17, 15) is 0 Å². The number of aryl methyl sites for hydroxylation is 1. The topological polar surface area (TPSA) is 39.7 Å². The lowest BCUT2D eigenvalue weighted by Crippen LogP contribution is -2.13. The summed E-state index contributed by atoms with van der Waals surface area (Å²) in [6, 6.07) is 4.13. The second-order valence-electron chi connectivity index (χ2n) is 4.19. The molecule has 0 heterocycles. The van der Waals surface area contributed by atoms with Gasteiger partial charge in [0.2, 0.25) is 0 Å². The SMILES string of the molecule is CNCc1cc(Br)cc(C)c1OCCOCCOC. The van der Waals surface area contributed by atoms with Gasteiger partial charge in [0, 0.05) is 23.7 Å². The fourth-order valence-electron chi connectivity index (χ4n) is 1.77. The van der Waals surface area contributed by atoms with E-state index in [4.69, 9.17) is 14.2 Å². The molecule has 0 atom stereocenters. The zero-order valence-corrected chi connectivity index (χ0v) is 13.4. The van der Waals surface area contributed by atoms with Crippen molar-refractivity contribution in [3.05, 3.63) is 27.7 Å². The second kappa shape index (κ2) is 9.31. The number of benzene rings is 1. The van der Waals surface area contributed by atoms with Gasteiger partial charge in [0.05, 0.1) is 19.8 Å². The fourth-order valence-corrected chi connectivity index (χ4v) is 2.39. The lowest BCUT2D eigenvalue weighted by molar-refractivity contribution is 0.0541. The van der Waals surface area contributed by atoms with Crippen molar-refractivity contribution in [1.29, 1.82) is 0 Å². The standard InChI is InChI=1S/C14H22BrNO3/c1-11-8-13(15)9-12(10-16-2)14(11)19-7-6-18-5-4-17-3/h8-9,16H,4-7,10H2,1-3H3. The van der Waals surface area contributed by atoms with Crippen LogP contribution in [-0.4, -0.2) is 40.6 Å². The maximum absolute atomic E-state index is 5.83. The van der Waals surface area contributed by atoms with E-state index >= 15 is 0 Å². The minimum Gasteiger partial charge on any atom is -0.491 e. The quantitative estimate of drug-likeness (QED) is 0.706. The van der Waals surface area contributed by atoms with Crippen molar-refractivity contribution in [2.24, 2.45) is 0 Å². The van der Waals surface area contributed by atoms with Crippen molar-refractivity contribution in [2.75, 3.05) is 40.6 Å². The summed E-state index contributed by atoms with van der Waals surface area (Å²) in [6.07, 6.45) is 0. The third-order valence-corrected chi connectivity index (χ3v) is 3.05. The average molecular weight is 332 g/mol. The first-order valence-electron chi connectivity index (χ1n) is 6.32. The van der Waals surface area contributed by atoms with Gasteiger partial charge in [0.25, 0.3) is 0 Å². The largest absolute Gasteiger partial charge is 0.491 e. The number of nitrogens with one attached hydrogen (secondary N) is 1. The lowest BCUT2D eigenvalue weighted by Gasteiger charge is -2.15. The van der Waals surface area contributed by atoms with Gasteiger partial charge in [-0.3, -0.25) is 0 Å². The first kappa shape index (κ1) is 16.4. The van der Waals surface area contributed by atoms with Crippen LogP contribution in [-0.2, 0) is 16.0 Å². The Morgan fingerprint density at radius 1 is 1.16 bits per heavy atom. The molecule has 0 aromatic heterocycles. The number of halogens is 1. The Morgan fingerprint density at radius 3 is 2.58 bits per heavy atom. The van der Waals surface area contributed by atoms with Crippen LogP contribution in [0.15, 0.2) is 16.6 Å². The molecule has 0 aliphatic heterocycles. The van der Waals surface area contributed by atoms with E-state index < -0.39 is 0 Å². The van der Waals surface area contributed by atoms with Crippen molar-refractivity contribution in [3.63, 3.8) is 0 Å². The molecule has 0 saturated heterocycles. The third kappa shape index (κ3) is 5.91. The molecular formula is C14H22BrNO3. The summed E-state index contributed by atoms with van der Waals surface area (Å²) in [5.74, 6) is 0.938. The number of methoxy groups -OCH3 is 1. The van der Waals surface area contributed by atoms with Crippen LogP contribution in [0.1, 0.15) is 11.1 Å². The highest BCUT2D eigenvalue weighted by atomic mass is 79.9. The Bertz CT molecular complexity index is 385. The van der Waals surface area contributed by atoms with Crippen LogP contribution in [0.3, 0.4) is 0 Å². The molecule has 0 unspecified atom stereocenters.